The minimum Gasteiger partial charge on any atom is -0.462 e. The molecule has 0 aromatic heterocycles. The second kappa shape index (κ2) is 60.4. The molecular weight excluding hydrogens is 877 g/mol. The van der Waals surface area contributed by atoms with Gasteiger partial charge in [-0.05, 0) is 51.4 Å². The highest BCUT2D eigenvalue weighted by molar-refractivity contribution is 5.71. The highest BCUT2D eigenvalue weighted by atomic mass is 16.6. The van der Waals surface area contributed by atoms with E-state index in [0.29, 0.717) is 19.3 Å². The molecular formula is C65H122O6. The largest absolute Gasteiger partial charge is 0.462 e. The Hall–Kier alpha value is -2.11. The molecule has 0 amide bonds. The van der Waals surface area contributed by atoms with Crippen LogP contribution < -0.4 is 0 Å². The summed E-state index contributed by atoms with van der Waals surface area (Å²) in [5.74, 6) is -0.846. The predicted octanol–water partition coefficient (Wildman–Crippen LogP) is 21.4. The molecule has 0 aromatic carbocycles. The molecule has 6 heteroatoms. The molecule has 0 aromatic rings. The summed E-state index contributed by atoms with van der Waals surface area (Å²) in [6, 6.07) is 0. The van der Waals surface area contributed by atoms with Crippen molar-refractivity contribution in [2.75, 3.05) is 13.2 Å². The van der Waals surface area contributed by atoms with Gasteiger partial charge in [0.25, 0.3) is 0 Å². The second-order valence-electron chi connectivity index (χ2n) is 21.7. The SMILES string of the molecule is CCCCCCC/C=C\C/C=C\CCCCCCCCCCCCCCCC(=O)OCC(COC(=O)CCCCCCCCCC)OC(=O)CCCCCCCCCCCCCCCCCCCCCC. The summed E-state index contributed by atoms with van der Waals surface area (Å²) in [5.41, 5.74) is 0. The topological polar surface area (TPSA) is 78.9 Å². The van der Waals surface area contributed by atoms with Crippen LogP contribution in [0.2, 0.25) is 0 Å². The van der Waals surface area contributed by atoms with Crippen LogP contribution in [0.25, 0.3) is 0 Å². The van der Waals surface area contributed by atoms with Crippen LogP contribution in [0.1, 0.15) is 355 Å². The third-order valence-corrected chi connectivity index (χ3v) is 14.5. The van der Waals surface area contributed by atoms with E-state index in [9.17, 15) is 14.4 Å². The average molecular weight is 1000 g/mol. The number of carbonyl (C=O) groups is 3. The van der Waals surface area contributed by atoms with E-state index >= 15 is 0 Å². The molecule has 6 nitrogen and oxygen atoms in total. The summed E-state index contributed by atoms with van der Waals surface area (Å²) >= 11 is 0. The van der Waals surface area contributed by atoms with Crippen molar-refractivity contribution in [3.63, 3.8) is 0 Å². The molecule has 0 bridgehead atoms. The lowest BCUT2D eigenvalue weighted by Gasteiger charge is -2.18. The fraction of sp³-hybridized carbons (Fsp3) is 0.892. The van der Waals surface area contributed by atoms with E-state index in [1.165, 1.54) is 250 Å². The van der Waals surface area contributed by atoms with Crippen molar-refractivity contribution in [3.05, 3.63) is 24.3 Å². The number of ether oxygens (including phenoxy) is 3. The summed E-state index contributed by atoms with van der Waals surface area (Å²) < 4.78 is 16.9. The van der Waals surface area contributed by atoms with E-state index in [2.05, 4.69) is 45.1 Å². The highest BCUT2D eigenvalue weighted by Gasteiger charge is 2.19. The average Bonchev–Trinajstić information content (AvgIpc) is 3.37. The van der Waals surface area contributed by atoms with Crippen LogP contribution >= 0.6 is 0 Å². The first kappa shape index (κ1) is 68.9. The highest BCUT2D eigenvalue weighted by Crippen LogP contribution is 2.18. The molecule has 71 heavy (non-hydrogen) atoms. The zero-order valence-corrected chi connectivity index (χ0v) is 48.0. The van der Waals surface area contributed by atoms with Gasteiger partial charge in [-0.25, -0.2) is 0 Å². The third kappa shape index (κ3) is 58.7. The van der Waals surface area contributed by atoms with Crippen molar-refractivity contribution in [3.8, 4) is 0 Å². The fourth-order valence-electron chi connectivity index (χ4n) is 9.65. The molecule has 0 radical (unpaired) electrons. The maximum absolute atomic E-state index is 12.9. The van der Waals surface area contributed by atoms with Crippen molar-refractivity contribution < 1.29 is 28.6 Å². The lowest BCUT2D eigenvalue weighted by molar-refractivity contribution is -0.167. The number of rotatable bonds is 59. The van der Waals surface area contributed by atoms with E-state index in [4.69, 9.17) is 14.2 Å². The number of hydrogen-bond donors (Lipinski definition) is 0. The number of esters is 3. The smallest absolute Gasteiger partial charge is 0.306 e. The van der Waals surface area contributed by atoms with E-state index in [1.54, 1.807) is 0 Å². The number of carbonyl (C=O) groups excluding carboxylic acids is 3. The van der Waals surface area contributed by atoms with Gasteiger partial charge in [-0.2, -0.15) is 0 Å². The van der Waals surface area contributed by atoms with Gasteiger partial charge in [-0.15, -0.1) is 0 Å². The van der Waals surface area contributed by atoms with Crippen LogP contribution in [0.3, 0.4) is 0 Å². The predicted molar refractivity (Wildman–Crippen MR) is 307 cm³/mol. The summed E-state index contributed by atoms with van der Waals surface area (Å²) in [5, 5.41) is 0. The van der Waals surface area contributed by atoms with Crippen LogP contribution in [0.5, 0.6) is 0 Å². The van der Waals surface area contributed by atoms with Crippen molar-refractivity contribution >= 4 is 17.9 Å². The second-order valence-corrected chi connectivity index (χ2v) is 21.7. The summed E-state index contributed by atoms with van der Waals surface area (Å²) in [7, 11) is 0. The molecule has 0 aliphatic carbocycles. The Kier molecular flexibility index (Phi) is 58.6. The monoisotopic (exact) mass is 999 g/mol. The van der Waals surface area contributed by atoms with Gasteiger partial charge in [0, 0.05) is 19.3 Å². The Balaban J connectivity index is 4.12. The Labute approximate surface area is 443 Å². The van der Waals surface area contributed by atoms with E-state index in [-0.39, 0.29) is 31.1 Å². The van der Waals surface area contributed by atoms with E-state index in [0.717, 1.165) is 64.2 Å². The van der Waals surface area contributed by atoms with Crippen molar-refractivity contribution in [1.82, 2.24) is 0 Å². The first-order chi connectivity index (χ1) is 35.0. The summed E-state index contributed by atoms with van der Waals surface area (Å²) in [6.45, 7) is 6.66. The molecule has 1 unspecified atom stereocenters. The van der Waals surface area contributed by atoms with Crippen LogP contribution in [0, 0.1) is 0 Å². The molecule has 0 aliphatic heterocycles. The number of hydrogen-bond acceptors (Lipinski definition) is 6. The molecule has 418 valence electrons. The zero-order chi connectivity index (χ0) is 51.4. The van der Waals surface area contributed by atoms with Crippen LogP contribution in [0.15, 0.2) is 24.3 Å². The van der Waals surface area contributed by atoms with Gasteiger partial charge in [0.2, 0.25) is 0 Å². The van der Waals surface area contributed by atoms with Gasteiger partial charge in [-0.1, -0.05) is 308 Å². The third-order valence-electron chi connectivity index (χ3n) is 14.5. The lowest BCUT2D eigenvalue weighted by atomic mass is 10.0. The van der Waals surface area contributed by atoms with Crippen molar-refractivity contribution in [2.24, 2.45) is 0 Å². The van der Waals surface area contributed by atoms with Gasteiger partial charge < -0.3 is 14.2 Å². The molecule has 0 saturated carbocycles. The molecule has 0 heterocycles. The fourth-order valence-corrected chi connectivity index (χ4v) is 9.65. The van der Waals surface area contributed by atoms with Crippen LogP contribution in [-0.2, 0) is 28.6 Å². The zero-order valence-electron chi connectivity index (χ0n) is 48.0. The van der Waals surface area contributed by atoms with Crippen LogP contribution in [-0.4, -0.2) is 37.2 Å². The Morgan fingerprint density at radius 1 is 0.282 bits per heavy atom. The van der Waals surface area contributed by atoms with E-state index in [1.807, 2.05) is 0 Å². The minimum atomic E-state index is -0.765. The van der Waals surface area contributed by atoms with E-state index < -0.39 is 6.10 Å². The molecule has 0 aliphatic rings. The van der Waals surface area contributed by atoms with Gasteiger partial charge >= 0.3 is 17.9 Å². The summed E-state index contributed by atoms with van der Waals surface area (Å²) in [4.78, 5) is 38.1. The first-order valence-electron chi connectivity index (χ1n) is 31.8. The standard InChI is InChI=1S/C65H122O6/c1-4-7-10-13-16-19-21-23-25-27-29-31-32-33-34-35-37-38-40-42-44-46-49-52-55-58-64(67)70-61-62(60-69-63(66)57-54-51-48-18-15-12-9-6-3)71-65(68)59-56-53-50-47-45-43-41-39-36-30-28-26-24-22-20-17-14-11-8-5-2/h21,23,27,29,62H,4-20,22,24-26,28,30-61H2,1-3H3/b23-21-,29-27-. The number of allylic oxidation sites excluding steroid dienone is 4. The molecule has 0 saturated heterocycles. The molecule has 0 rings (SSSR count). The molecule has 0 spiro atoms. The summed E-state index contributed by atoms with van der Waals surface area (Å²) in [6.07, 6.45) is 72.0. The normalized spacial score (nSPS) is 12.1. The van der Waals surface area contributed by atoms with Gasteiger partial charge in [0.1, 0.15) is 13.2 Å². The first-order valence-corrected chi connectivity index (χ1v) is 31.8. The van der Waals surface area contributed by atoms with Gasteiger partial charge in [-0.3, -0.25) is 14.4 Å². The van der Waals surface area contributed by atoms with Gasteiger partial charge in [0.05, 0.1) is 0 Å². The Morgan fingerprint density at radius 2 is 0.507 bits per heavy atom. The number of unbranched alkanes of at least 4 members (excludes halogenated alkanes) is 44. The Bertz CT molecular complexity index is 1150. The maximum atomic E-state index is 12.9. The van der Waals surface area contributed by atoms with Crippen molar-refractivity contribution in [1.29, 1.82) is 0 Å². The Morgan fingerprint density at radius 3 is 0.775 bits per heavy atom. The molecule has 0 N–H and O–H groups in total. The van der Waals surface area contributed by atoms with Gasteiger partial charge in [0.15, 0.2) is 6.10 Å². The molecule has 0 fully saturated rings. The van der Waals surface area contributed by atoms with Crippen molar-refractivity contribution in [2.45, 2.75) is 361 Å². The lowest BCUT2D eigenvalue weighted by Crippen LogP contribution is -2.30. The molecule has 1 atom stereocenters. The van der Waals surface area contributed by atoms with Crippen LogP contribution in [0.4, 0.5) is 0 Å². The quantitative estimate of drug-likeness (QED) is 0.0261. The minimum absolute atomic E-state index is 0.0657. The maximum Gasteiger partial charge on any atom is 0.306 e.